The fourth-order valence-corrected chi connectivity index (χ4v) is 2.38. The zero-order chi connectivity index (χ0) is 14.7. The second kappa shape index (κ2) is 3.64. The first-order valence-electron chi connectivity index (χ1n) is 5.89. The van der Waals surface area contributed by atoms with Crippen LogP contribution in [0, 0.1) is 0 Å². The van der Waals surface area contributed by atoms with Gasteiger partial charge in [-0.05, 0) is 13.8 Å². The maximum Gasteiger partial charge on any atom is 0.334 e. The first-order chi connectivity index (χ1) is 9.28. The molecule has 9 heteroatoms. The third-order valence-electron chi connectivity index (χ3n) is 3.67. The molecule has 0 saturated carbocycles. The molecule has 1 aromatic rings. The molecule has 0 aliphatic carbocycles. The van der Waals surface area contributed by atoms with Gasteiger partial charge in [-0.15, -0.1) is 0 Å². The second-order valence-corrected chi connectivity index (χ2v) is 5.10. The summed E-state index contributed by atoms with van der Waals surface area (Å²) in [4.78, 5) is 27.6. The number of aromatic nitrogens is 2. The molecular formula is C11H13N5O4. The fourth-order valence-electron chi connectivity index (χ4n) is 2.38. The Morgan fingerprint density at radius 2 is 2.20 bits per heavy atom. The molecule has 0 aromatic carbocycles. The number of aromatic amines is 1. The van der Waals surface area contributed by atoms with Crippen LogP contribution in [0.4, 0.5) is 5.82 Å². The summed E-state index contributed by atoms with van der Waals surface area (Å²) in [6.45, 7) is 2.55. The number of hydrogen-bond donors (Lipinski definition) is 4. The lowest BCUT2D eigenvalue weighted by molar-refractivity contribution is -0.173. The molecule has 3 rings (SSSR count). The Balaban J connectivity index is 2.26. The van der Waals surface area contributed by atoms with Gasteiger partial charge in [-0.25, -0.2) is 19.8 Å². The molecule has 2 aliphatic rings. The highest BCUT2D eigenvalue weighted by atomic mass is 16.4. The number of carboxylic acids is 1. The lowest BCUT2D eigenvalue weighted by atomic mass is 9.85. The van der Waals surface area contributed by atoms with E-state index in [-0.39, 0.29) is 5.84 Å². The number of aliphatic hydroxyl groups excluding tert-OH is 1. The van der Waals surface area contributed by atoms with Crippen molar-refractivity contribution in [1.29, 1.82) is 0 Å². The number of amidine groups is 1. The summed E-state index contributed by atoms with van der Waals surface area (Å²) in [7, 11) is 0. The van der Waals surface area contributed by atoms with Gasteiger partial charge < -0.3 is 20.3 Å². The van der Waals surface area contributed by atoms with Crippen LogP contribution in [0.5, 0.6) is 0 Å². The summed E-state index contributed by atoms with van der Waals surface area (Å²) in [6, 6.07) is 0. The van der Waals surface area contributed by atoms with E-state index in [1.54, 1.807) is 0 Å². The van der Waals surface area contributed by atoms with E-state index in [0.29, 0.717) is 11.5 Å². The molecule has 0 radical (unpaired) electrons. The summed E-state index contributed by atoms with van der Waals surface area (Å²) in [5.74, 6) is -0.770. The molecule has 2 aliphatic heterocycles. The van der Waals surface area contributed by atoms with Gasteiger partial charge >= 0.3 is 5.97 Å². The van der Waals surface area contributed by atoms with E-state index >= 15 is 0 Å². The second-order valence-electron chi connectivity index (χ2n) is 5.10. The van der Waals surface area contributed by atoms with E-state index in [4.69, 9.17) is 0 Å². The van der Waals surface area contributed by atoms with Gasteiger partial charge in [0, 0.05) is 0 Å². The average Bonchev–Trinajstić information content (AvgIpc) is 2.84. The van der Waals surface area contributed by atoms with E-state index in [0.717, 1.165) is 0 Å². The number of carboxylic acid groups (broad SMARTS) is 1. The SMILES string of the molecule is C[C@]1(C(=O)O)N=C2c3nc[nH]c3N=CN2[C@](C)(O)[C@H]1O. The molecule has 1 aromatic heterocycles. The number of carbonyl (C=O) groups is 1. The molecule has 0 amide bonds. The molecule has 0 unspecified atom stereocenters. The van der Waals surface area contributed by atoms with Gasteiger partial charge in [0.25, 0.3) is 0 Å². The molecule has 20 heavy (non-hydrogen) atoms. The Labute approximate surface area is 113 Å². The highest BCUT2D eigenvalue weighted by molar-refractivity contribution is 6.10. The number of H-pyrrole nitrogens is 1. The Morgan fingerprint density at radius 1 is 1.50 bits per heavy atom. The zero-order valence-electron chi connectivity index (χ0n) is 10.8. The lowest BCUT2D eigenvalue weighted by Crippen LogP contribution is -2.69. The smallest absolute Gasteiger partial charge is 0.334 e. The Kier molecular flexibility index (Phi) is 2.32. The Hall–Kier alpha value is -2.26. The van der Waals surface area contributed by atoms with Crippen molar-refractivity contribution in [3.8, 4) is 0 Å². The molecule has 9 nitrogen and oxygen atoms in total. The summed E-state index contributed by atoms with van der Waals surface area (Å²) in [6.07, 6.45) is 1.04. The maximum atomic E-state index is 11.4. The molecular weight excluding hydrogens is 266 g/mol. The fraction of sp³-hybridized carbons (Fsp3) is 0.455. The maximum absolute atomic E-state index is 11.4. The molecule has 3 atom stereocenters. The monoisotopic (exact) mass is 279 g/mol. The van der Waals surface area contributed by atoms with Crippen LogP contribution < -0.4 is 0 Å². The summed E-state index contributed by atoms with van der Waals surface area (Å²) in [5.41, 5.74) is -3.42. The standard InChI is InChI=1S/C11H13N5O4/c1-10(9(18)19)8(17)11(2,20)16-4-14-6-5(7(16)15-10)12-3-13-6/h3-4,8,17,20H,1-2H3,(H,12,13)(H,18,19)/t8-,10-,11+/m0/s1. The Morgan fingerprint density at radius 3 is 2.85 bits per heavy atom. The van der Waals surface area contributed by atoms with Crippen LogP contribution in [0.3, 0.4) is 0 Å². The normalized spacial score (nSPS) is 35.3. The van der Waals surface area contributed by atoms with Crippen LogP contribution in [0.1, 0.15) is 19.5 Å². The third-order valence-corrected chi connectivity index (χ3v) is 3.67. The van der Waals surface area contributed by atoms with Crippen LogP contribution in [0.25, 0.3) is 0 Å². The van der Waals surface area contributed by atoms with Crippen molar-refractivity contribution in [3.05, 3.63) is 12.0 Å². The van der Waals surface area contributed by atoms with Gasteiger partial charge in [0.05, 0.1) is 6.33 Å². The van der Waals surface area contributed by atoms with Gasteiger partial charge in [0.15, 0.2) is 22.9 Å². The van der Waals surface area contributed by atoms with Crippen molar-refractivity contribution in [1.82, 2.24) is 14.9 Å². The number of rotatable bonds is 1. The van der Waals surface area contributed by atoms with Gasteiger partial charge in [0.1, 0.15) is 18.1 Å². The van der Waals surface area contributed by atoms with Crippen molar-refractivity contribution in [2.75, 3.05) is 0 Å². The van der Waals surface area contributed by atoms with Crippen molar-refractivity contribution in [2.24, 2.45) is 9.98 Å². The van der Waals surface area contributed by atoms with Crippen molar-refractivity contribution >= 4 is 24.0 Å². The number of nitrogens with zero attached hydrogens (tertiary/aromatic N) is 4. The highest BCUT2D eigenvalue weighted by Gasteiger charge is 2.57. The van der Waals surface area contributed by atoms with Gasteiger partial charge in [0.2, 0.25) is 0 Å². The first-order valence-corrected chi connectivity index (χ1v) is 5.89. The number of aliphatic carboxylic acids is 1. The first kappa shape index (κ1) is 12.8. The van der Waals surface area contributed by atoms with Crippen molar-refractivity contribution in [3.63, 3.8) is 0 Å². The van der Waals surface area contributed by atoms with E-state index in [1.165, 1.54) is 31.4 Å². The average molecular weight is 279 g/mol. The lowest BCUT2D eigenvalue weighted by Gasteiger charge is -2.48. The minimum Gasteiger partial charge on any atom is -0.479 e. The van der Waals surface area contributed by atoms with E-state index in [1.807, 2.05) is 0 Å². The predicted molar refractivity (Wildman–Crippen MR) is 67.8 cm³/mol. The van der Waals surface area contributed by atoms with E-state index in [2.05, 4.69) is 20.0 Å². The van der Waals surface area contributed by atoms with Gasteiger partial charge in [-0.2, -0.15) is 0 Å². The van der Waals surface area contributed by atoms with Crippen LogP contribution in [-0.2, 0) is 4.79 Å². The number of nitrogens with one attached hydrogen (secondary N) is 1. The van der Waals surface area contributed by atoms with Crippen LogP contribution >= 0.6 is 0 Å². The van der Waals surface area contributed by atoms with Crippen molar-refractivity contribution < 1.29 is 20.1 Å². The minimum absolute atomic E-state index is 0.149. The molecule has 4 N–H and O–H groups in total. The number of hydrogen-bond acceptors (Lipinski definition) is 7. The zero-order valence-corrected chi connectivity index (χ0v) is 10.8. The molecule has 0 spiro atoms. The predicted octanol–water partition coefficient (Wildman–Crippen LogP) is -0.942. The Bertz CT molecular complexity index is 649. The van der Waals surface area contributed by atoms with Gasteiger partial charge in [-0.1, -0.05) is 0 Å². The van der Waals surface area contributed by atoms with Crippen molar-refractivity contribution in [2.45, 2.75) is 31.2 Å². The molecule has 0 bridgehead atoms. The molecule has 0 saturated heterocycles. The van der Waals surface area contributed by atoms with Crippen LogP contribution in [0.15, 0.2) is 16.3 Å². The number of aliphatic imine (C=N–C) groups is 2. The van der Waals surface area contributed by atoms with Crippen LogP contribution in [0.2, 0.25) is 0 Å². The summed E-state index contributed by atoms with van der Waals surface area (Å²) in [5, 5.41) is 30.0. The van der Waals surface area contributed by atoms with Gasteiger partial charge in [-0.3, -0.25) is 4.90 Å². The number of imidazole rings is 1. The minimum atomic E-state index is -1.88. The van der Waals surface area contributed by atoms with Crippen LogP contribution in [-0.4, -0.2) is 65.7 Å². The molecule has 0 fully saturated rings. The van der Waals surface area contributed by atoms with E-state index < -0.39 is 23.3 Å². The van der Waals surface area contributed by atoms with E-state index in [9.17, 15) is 20.1 Å². The summed E-state index contributed by atoms with van der Waals surface area (Å²) >= 11 is 0. The third kappa shape index (κ3) is 1.38. The topological polar surface area (TPSA) is 134 Å². The molecule has 3 heterocycles. The number of fused-ring (bicyclic) bond motifs is 3. The molecule has 106 valence electrons. The highest BCUT2D eigenvalue weighted by Crippen LogP contribution is 2.37. The largest absolute Gasteiger partial charge is 0.479 e. The quantitative estimate of drug-likeness (QED) is 0.524. The summed E-state index contributed by atoms with van der Waals surface area (Å²) < 4.78 is 0. The number of aliphatic hydroxyl groups is 2.